The van der Waals surface area contributed by atoms with Gasteiger partial charge in [0.05, 0.1) is 10.2 Å². The molecule has 4 heteroatoms. The summed E-state index contributed by atoms with van der Waals surface area (Å²) in [5.74, 6) is 1.99. The largest absolute Gasteiger partial charge is 0.383 e. The molecule has 1 aromatic carbocycles. The van der Waals surface area contributed by atoms with Gasteiger partial charge in [-0.15, -0.1) is 0 Å². The van der Waals surface area contributed by atoms with E-state index in [2.05, 4.69) is 77.9 Å². The van der Waals surface area contributed by atoms with Gasteiger partial charge in [0, 0.05) is 5.56 Å². The van der Waals surface area contributed by atoms with Gasteiger partial charge in [-0.25, -0.2) is 9.97 Å². The number of hydrogen-bond acceptors (Lipinski definition) is 3. The lowest BCUT2D eigenvalue weighted by Crippen LogP contribution is -2.04. The minimum absolute atomic E-state index is 0.295. The van der Waals surface area contributed by atoms with Crippen molar-refractivity contribution in [3.63, 3.8) is 0 Å². The molecule has 0 aliphatic heterocycles. The van der Waals surface area contributed by atoms with Crippen LogP contribution < -0.4 is 5.73 Å². The summed E-state index contributed by atoms with van der Waals surface area (Å²) in [6.45, 7) is 8.55. The van der Waals surface area contributed by atoms with Gasteiger partial charge < -0.3 is 5.73 Å². The molecule has 2 aromatic rings. The first kappa shape index (κ1) is 15.0. The molecule has 20 heavy (non-hydrogen) atoms. The Morgan fingerprint density at radius 2 is 1.55 bits per heavy atom. The summed E-state index contributed by atoms with van der Waals surface area (Å²) >= 11 is 3.47. The van der Waals surface area contributed by atoms with Crippen molar-refractivity contribution in [1.29, 1.82) is 0 Å². The van der Waals surface area contributed by atoms with Crippen molar-refractivity contribution in [1.82, 2.24) is 9.97 Å². The number of benzene rings is 1. The molecule has 0 bridgehead atoms. The van der Waals surface area contributed by atoms with Gasteiger partial charge in [0.2, 0.25) is 0 Å². The highest BCUT2D eigenvalue weighted by Crippen LogP contribution is 2.30. The maximum absolute atomic E-state index is 5.98. The lowest BCUT2D eigenvalue weighted by molar-refractivity contribution is 0.811. The monoisotopic (exact) mass is 333 g/mol. The van der Waals surface area contributed by atoms with Gasteiger partial charge in [0.1, 0.15) is 5.82 Å². The van der Waals surface area contributed by atoms with Crippen LogP contribution in [-0.2, 0) is 0 Å². The fraction of sp³-hybridized carbons (Fsp3) is 0.375. The third-order valence-corrected chi connectivity index (χ3v) is 4.10. The van der Waals surface area contributed by atoms with Crippen molar-refractivity contribution in [2.24, 2.45) is 0 Å². The maximum atomic E-state index is 5.98. The Bertz CT molecular complexity index is 604. The molecule has 0 saturated carbocycles. The molecule has 2 rings (SSSR count). The molecule has 1 aromatic heterocycles. The zero-order valence-electron chi connectivity index (χ0n) is 12.3. The Labute approximate surface area is 128 Å². The average molecular weight is 334 g/mol. The number of halogens is 1. The molecule has 1 heterocycles. The zero-order chi connectivity index (χ0) is 14.9. The molecule has 0 unspecified atom stereocenters. The van der Waals surface area contributed by atoms with Gasteiger partial charge >= 0.3 is 0 Å². The molecule has 0 aliphatic carbocycles. The minimum Gasteiger partial charge on any atom is -0.383 e. The number of nitrogens with zero attached hydrogens (tertiary/aromatic N) is 2. The van der Waals surface area contributed by atoms with Crippen LogP contribution in [0.15, 0.2) is 28.7 Å². The Morgan fingerprint density at radius 1 is 0.950 bits per heavy atom. The third-order valence-electron chi connectivity index (χ3n) is 3.28. The number of aromatic nitrogens is 2. The number of nitrogen functional groups attached to an aromatic ring is 1. The molecule has 0 radical (unpaired) electrons. The Kier molecular flexibility index (Phi) is 4.43. The number of anilines is 1. The van der Waals surface area contributed by atoms with Crippen LogP contribution in [0.4, 0.5) is 5.82 Å². The number of nitrogens with two attached hydrogens (primary N) is 1. The van der Waals surface area contributed by atoms with Crippen LogP contribution in [0.1, 0.15) is 50.8 Å². The molecule has 0 fully saturated rings. The highest BCUT2D eigenvalue weighted by atomic mass is 79.9. The summed E-state index contributed by atoms with van der Waals surface area (Å²) in [6, 6.07) is 8.36. The fourth-order valence-corrected chi connectivity index (χ4v) is 2.65. The van der Waals surface area contributed by atoms with Crippen LogP contribution >= 0.6 is 15.9 Å². The second-order valence-corrected chi connectivity index (χ2v) is 6.36. The average Bonchev–Trinajstić information content (AvgIpc) is 2.41. The van der Waals surface area contributed by atoms with Gasteiger partial charge in [-0.2, -0.15) is 0 Å². The van der Waals surface area contributed by atoms with E-state index in [9.17, 15) is 0 Å². The maximum Gasteiger partial charge on any atom is 0.161 e. The summed E-state index contributed by atoms with van der Waals surface area (Å²) < 4.78 is 0.801. The SMILES string of the molecule is CC(C)c1ccc(-c2nc(N)c(Br)c(C(C)C)n2)cc1. The van der Waals surface area contributed by atoms with E-state index in [1.54, 1.807) is 0 Å². The van der Waals surface area contributed by atoms with Crippen LogP contribution in [-0.4, -0.2) is 9.97 Å². The van der Waals surface area contributed by atoms with Gasteiger partial charge in [0.15, 0.2) is 5.82 Å². The molecule has 2 N–H and O–H groups in total. The lowest BCUT2D eigenvalue weighted by Gasteiger charge is -2.12. The van der Waals surface area contributed by atoms with Crippen molar-refractivity contribution in [2.75, 3.05) is 5.73 Å². The van der Waals surface area contributed by atoms with Crippen LogP contribution in [0.2, 0.25) is 0 Å². The van der Waals surface area contributed by atoms with Crippen molar-refractivity contribution in [3.05, 3.63) is 40.0 Å². The number of rotatable bonds is 3. The second kappa shape index (κ2) is 5.92. The highest BCUT2D eigenvalue weighted by molar-refractivity contribution is 9.10. The topological polar surface area (TPSA) is 51.8 Å². The van der Waals surface area contributed by atoms with Gasteiger partial charge in [-0.05, 0) is 33.3 Å². The molecule has 3 nitrogen and oxygen atoms in total. The molecule has 0 atom stereocenters. The van der Waals surface area contributed by atoms with E-state index in [4.69, 9.17) is 5.73 Å². The summed E-state index contributed by atoms with van der Waals surface area (Å²) in [5, 5.41) is 0. The first-order valence-corrected chi connectivity index (χ1v) is 7.62. The van der Waals surface area contributed by atoms with Gasteiger partial charge in [-0.3, -0.25) is 0 Å². The molecule has 0 spiro atoms. The van der Waals surface area contributed by atoms with E-state index in [1.807, 2.05) is 0 Å². The van der Waals surface area contributed by atoms with E-state index >= 15 is 0 Å². The molecular formula is C16H20BrN3. The van der Waals surface area contributed by atoms with E-state index < -0.39 is 0 Å². The molecule has 106 valence electrons. The van der Waals surface area contributed by atoms with Crippen LogP contribution in [0, 0.1) is 0 Å². The number of hydrogen-bond donors (Lipinski definition) is 1. The standard InChI is InChI=1S/C16H20BrN3/c1-9(2)11-5-7-12(8-6-11)16-19-14(10(3)4)13(17)15(18)20-16/h5-10H,1-4H3,(H2,18,19,20). The Hall–Kier alpha value is -1.42. The fourth-order valence-electron chi connectivity index (χ4n) is 2.01. The first-order chi connectivity index (χ1) is 9.40. The smallest absolute Gasteiger partial charge is 0.161 e. The zero-order valence-corrected chi connectivity index (χ0v) is 13.9. The van der Waals surface area contributed by atoms with Crippen molar-refractivity contribution in [2.45, 2.75) is 39.5 Å². The summed E-state index contributed by atoms with van der Waals surface area (Å²) in [5.41, 5.74) is 9.23. The Morgan fingerprint density at radius 3 is 2.05 bits per heavy atom. The quantitative estimate of drug-likeness (QED) is 0.882. The predicted octanol–water partition coefficient (Wildman–Crippen LogP) is 4.74. The van der Waals surface area contributed by atoms with E-state index in [0.717, 1.165) is 15.7 Å². The van der Waals surface area contributed by atoms with Gasteiger partial charge in [-0.1, -0.05) is 52.0 Å². The molecule has 0 saturated heterocycles. The van der Waals surface area contributed by atoms with Crippen molar-refractivity contribution >= 4 is 21.7 Å². The van der Waals surface area contributed by atoms with Crippen molar-refractivity contribution in [3.8, 4) is 11.4 Å². The molecular weight excluding hydrogens is 314 g/mol. The lowest BCUT2D eigenvalue weighted by atomic mass is 10.0. The third kappa shape index (κ3) is 3.01. The van der Waals surface area contributed by atoms with Crippen LogP contribution in [0.5, 0.6) is 0 Å². The second-order valence-electron chi connectivity index (χ2n) is 5.56. The highest BCUT2D eigenvalue weighted by Gasteiger charge is 2.14. The summed E-state index contributed by atoms with van der Waals surface area (Å²) in [6.07, 6.45) is 0. The van der Waals surface area contributed by atoms with Crippen molar-refractivity contribution < 1.29 is 0 Å². The predicted molar refractivity (Wildman–Crippen MR) is 87.8 cm³/mol. The normalized spacial score (nSPS) is 11.3. The Balaban J connectivity index is 2.47. The minimum atomic E-state index is 0.295. The molecule has 0 aliphatic rings. The van der Waals surface area contributed by atoms with Crippen LogP contribution in [0.25, 0.3) is 11.4 Å². The van der Waals surface area contributed by atoms with E-state index in [-0.39, 0.29) is 0 Å². The van der Waals surface area contributed by atoms with E-state index in [0.29, 0.717) is 23.5 Å². The first-order valence-electron chi connectivity index (χ1n) is 6.83. The summed E-state index contributed by atoms with van der Waals surface area (Å²) in [4.78, 5) is 9.02. The summed E-state index contributed by atoms with van der Waals surface area (Å²) in [7, 11) is 0. The van der Waals surface area contributed by atoms with Gasteiger partial charge in [0.25, 0.3) is 0 Å². The van der Waals surface area contributed by atoms with Crippen LogP contribution in [0.3, 0.4) is 0 Å². The molecule has 0 amide bonds. The van der Waals surface area contributed by atoms with E-state index in [1.165, 1.54) is 5.56 Å².